The molecule has 0 spiro atoms. The first-order valence-corrected chi connectivity index (χ1v) is 7.80. The molecule has 1 aromatic rings. The number of aliphatic hydroxyl groups excluding tert-OH is 1. The Morgan fingerprint density at radius 2 is 2.21 bits per heavy atom. The molecule has 0 radical (unpaired) electrons. The lowest BCUT2D eigenvalue weighted by Crippen LogP contribution is -2.36. The molecule has 1 aliphatic carbocycles. The average Bonchev–Trinajstić information content (AvgIpc) is 2.86. The van der Waals surface area contributed by atoms with Crippen LogP contribution >= 0.6 is 11.8 Å². The molecule has 0 heterocycles. The minimum Gasteiger partial charge on any atom is -0.387 e. The van der Waals surface area contributed by atoms with Gasteiger partial charge in [-0.05, 0) is 37.3 Å². The van der Waals surface area contributed by atoms with Crippen molar-refractivity contribution in [3.05, 3.63) is 35.4 Å². The number of hydrogen-bond acceptors (Lipinski definition) is 3. The zero-order chi connectivity index (χ0) is 13.8. The number of thioether (sulfide) groups is 1. The van der Waals surface area contributed by atoms with E-state index in [0.717, 1.165) is 24.6 Å². The van der Waals surface area contributed by atoms with Crippen molar-refractivity contribution < 1.29 is 13.9 Å². The third-order valence-electron chi connectivity index (χ3n) is 3.65. The van der Waals surface area contributed by atoms with Gasteiger partial charge in [0.1, 0.15) is 11.6 Å². The first-order chi connectivity index (χ1) is 9.11. The number of halogens is 2. The topological polar surface area (TPSA) is 32.3 Å². The highest BCUT2D eigenvalue weighted by Crippen LogP contribution is 2.28. The van der Waals surface area contributed by atoms with Gasteiger partial charge in [-0.2, -0.15) is 11.8 Å². The van der Waals surface area contributed by atoms with Crippen molar-refractivity contribution >= 4 is 11.8 Å². The van der Waals surface area contributed by atoms with Gasteiger partial charge in [-0.3, -0.25) is 0 Å². The van der Waals surface area contributed by atoms with E-state index in [4.69, 9.17) is 0 Å². The van der Waals surface area contributed by atoms with Crippen LogP contribution in [0.15, 0.2) is 18.2 Å². The molecule has 0 bridgehead atoms. The van der Waals surface area contributed by atoms with Crippen LogP contribution in [-0.2, 0) is 0 Å². The highest BCUT2D eigenvalue weighted by Gasteiger charge is 2.26. The van der Waals surface area contributed by atoms with Crippen molar-refractivity contribution in [2.75, 3.05) is 12.8 Å². The van der Waals surface area contributed by atoms with Crippen LogP contribution in [0.1, 0.15) is 30.9 Å². The Balaban J connectivity index is 1.93. The second kappa shape index (κ2) is 6.68. The number of hydrogen-bond donors (Lipinski definition) is 2. The smallest absolute Gasteiger partial charge is 0.129 e. The number of rotatable bonds is 5. The quantitative estimate of drug-likeness (QED) is 0.873. The molecule has 0 amide bonds. The Kier molecular flexibility index (Phi) is 5.19. The van der Waals surface area contributed by atoms with Crippen LogP contribution in [-0.4, -0.2) is 29.2 Å². The Hall–Kier alpha value is -0.650. The summed E-state index contributed by atoms with van der Waals surface area (Å²) in [7, 11) is 0. The Labute approximate surface area is 116 Å². The van der Waals surface area contributed by atoms with E-state index >= 15 is 0 Å². The third-order valence-corrected chi connectivity index (χ3v) is 4.82. The van der Waals surface area contributed by atoms with Crippen LogP contribution in [0.5, 0.6) is 0 Å². The molecule has 1 aromatic carbocycles. The van der Waals surface area contributed by atoms with E-state index in [0.29, 0.717) is 11.3 Å². The normalized spacial score (nSPS) is 24.6. The maximum atomic E-state index is 13.5. The molecule has 19 heavy (non-hydrogen) atoms. The van der Waals surface area contributed by atoms with Gasteiger partial charge in [0.05, 0.1) is 6.10 Å². The molecule has 106 valence electrons. The minimum absolute atomic E-state index is 0.0196. The lowest BCUT2D eigenvalue weighted by Gasteiger charge is -2.21. The molecule has 0 saturated heterocycles. The van der Waals surface area contributed by atoms with Crippen molar-refractivity contribution in [1.82, 2.24) is 5.32 Å². The maximum absolute atomic E-state index is 13.5. The molecule has 1 fully saturated rings. The van der Waals surface area contributed by atoms with Gasteiger partial charge in [0.2, 0.25) is 0 Å². The monoisotopic (exact) mass is 287 g/mol. The summed E-state index contributed by atoms with van der Waals surface area (Å²) in [5.74, 6) is -1.10. The van der Waals surface area contributed by atoms with Gasteiger partial charge in [-0.25, -0.2) is 8.78 Å². The van der Waals surface area contributed by atoms with E-state index in [1.807, 2.05) is 11.8 Å². The van der Waals surface area contributed by atoms with Gasteiger partial charge in [-0.1, -0.05) is 6.42 Å². The highest BCUT2D eigenvalue weighted by molar-refractivity contribution is 7.99. The minimum atomic E-state index is -1.01. The summed E-state index contributed by atoms with van der Waals surface area (Å²) < 4.78 is 26.6. The van der Waals surface area contributed by atoms with Gasteiger partial charge < -0.3 is 10.4 Å². The molecule has 2 N–H and O–H groups in total. The van der Waals surface area contributed by atoms with E-state index in [2.05, 4.69) is 11.6 Å². The largest absolute Gasteiger partial charge is 0.387 e. The summed E-state index contributed by atoms with van der Waals surface area (Å²) in [6.45, 7) is 0.252. The predicted molar refractivity (Wildman–Crippen MR) is 74.3 cm³/mol. The fourth-order valence-corrected chi connectivity index (χ4v) is 3.55. The molecule has 0 aromatic heterocycles. The Morgan fingerprint density at radius 3 is 2.95 bits per heavy atom. The van der Waals surface area contributed by atoms with Crippen molar-refractivity contribution in [2.45, 2.75) is 36.7 Å². The van der Waals surface area contributed by atoms with E-state index in [1.54, 1.807) is 0 Å². The van der Waals surface area contributed by atoms with Gasteiger partial charge in [-0.15, -0.1) is 0 Å². The summed E-state index contributed by atoms with van der Waals surface area (Å²) in [5.41, 5.74) is 0.0196. The first-order valence-electron chi connectivity index (χ1n) is 6.51. The van der Waals surface area contributed by atoms with Crippen LogP contribution in [0.25, 0.3) is 0 Å². The number of nitrogens with one attached hydrogen (secondary N) is 1. The Morgan fingerprint density at radius 1 is 1.42 bits per heavy atom. The van der Waals surface area contributed by atoms with Crippen molar-refractivity contribution in [3.8, 4) is 0 Å². The maximum Gasteiger partial charge on any atom is 0.129 e. The van der Waals surface area contributed by atoms with Gasteiger partial charge >= 0.3 is 0 Å². The van der Waals surface area contributed by atoms with Crippen LogP contribution in [0, 0.1) is 11.6 Å². The third kappa shape index (κ3) is 3.68. The summed E-state index contributed by atoms with van der Waals surface area (Å²) in [4.78, 5) is 0. The lowest BCUT2D eigenvalue weighted by atomic mass is 10.1. The fraction of sp³-hybridized carbons (Fsp3) is 0.571. The molecular weight excluding hydrogens is 268 g/mol. The SMILES string of the molecule is CSC1CCCC1NCC(O)c1cc(F)ccc1F. The second-order valence-corrected chi connectivity index (χ2v) is 5.98. The van der Waals surface area contributed by atoms with Crippen molar-refractivity contribution in [1.29, 1.82) is 0 Å². The van der Waals surface area contributed by atoms with Crippen LogP contribution in [0.4, 0.5) is 8.78 Å². The number of aliphatic hydroxyl groups is 1. The molecule has 0 aliphatic heterocycles. The molecule has 2 nitrogen and oxygen atoms in total. The predicted octanol–water partition coefficient (Wildman–Crippen LogP) is 2.87. The lowest BCUT2D eigenvalue weighted by molar-refractivity contribution is 0.165. The molecule has 1 aliphatic rings. The molecule has 3 unspecified atom stereocenters. The van der Waals surface area contributed by atoms with Crippen LogP contribution < -0.4 is 5.32 Å². The second-order valence-electron chi connectivity index (χ2n) is 4.90. The summed E-state index contributed by atoms with van der Waals surface area (Å²) in [6, 6.07) is 3.51. The molecule has 5 heteroatoms. The van der Waals surface area contributed by atoms with E-state index in [1.165, 1.54) is 12.8 Å². The zero-order valence-electron chi connectivity index (χ0n) is 10.9. The van der Waals surface area contributed by atoms with E-state index in [9.17, 15) is 13.9 Å². The summed E-state index contributed by atoms with van der Waals surface area (Å²) in [6.07, 6.45) is 4.48. The van der Waals surface area contributed by atoms with E-state index < -0.39 is 17.7 Å². The number of benzene rings is 1. The van der Waals surface area contributed by atoms with Crippen molar-refractivity contribution in [3.63, 3.8) is 0 Å². The van der Waals surface area contributed by atoms with Gasteiger partial charge in [0.25, 0.3) is 0 Å². The van der Waals surface area contributed by atoms with Gasteiger partial charge in [0, 0.05) is 23.4 Å². The average molecular weight is 287 g/mol. The zero-order valence-corrected chi connectivity index (χ0v) is 11.7. The van der Waals surface area contributed by atoms with E-state index in [-0.39, 0.29) is 12.1 Å². The van der Waals surface area contributed by atoms with Crippen molar-refractivity contribution in [2.24, 2.45) is 0 Å². The Bertz CT molecular complexity index is 430. The summed E-state index contributed by atoms with van der Waals surface area (Å²) >= 11 is 1.82. The van der Waals surface area contributed by atoms with Crippen LogP contribution in [0.2, 0.25) is 0 Å². The molecular formula is C14H19F2NOS. The standard InChI is InChI=1S/C14H19F2NOS/c1-19-14-4-2-3-12(14)17-8-13(18)10-7-9(15)5-6-11(10)16/h5-7,12-14,17-18H,2-4,8H2,1H3. The first kappa shape index (κ1) is 14.8. The molecule has 1 saturated carbocycles. The summed E-state index contributed by atoms with van der Waals surface area (Å²) in [5, 5.41) is 13.8. The highest BCUT2D eigenvalue weighted by atomic mass is 32.2. The van der Waals surface area contributed by atoms with Gasteiger partial charge in [0.15, 0.2) is 0 Å². The molecule has 2 rings (SSSR count). The van der Waals surface area contributed by atoms with Crippen LogP contribution in [0.3, 0.4) is 0 Å². The molecule has 3 atom stereocenters. The fourth-order valence-electron chi connectivity index (χ4n) is 2.58.